The number of aromatic nitrogens is 1. The fraction of sp³-hybridized carbons (Fsp3) is 0.258. The molecule has 34 heavy (non-hydrogen) atoms. The van der Waals surface area contributed by atoms with Crippen LogP contribution in [0.25, 0.3) is 54.1 Å². The first-order valence-electron chi connectivity index (χ1n) is 12.1. The van der Waals surface area contributed by atoms with E-state index in [-0.39, 0.29) is 5.41 Å². The molecule has 0 radical (unpaired) electrons. The van der Waals surface area contributed by atoms with Gasteiger partial charge in [0, 0.05) is 37.5 Å². The van der Waals surface area contributed by atoms with E-state index >= 15 is 0 Å². The van der Waals surface area contributed by atoms with E-state index < -0.39 is 0 Å². The Morgan fingerprint density at radius 1 is 0.912 bits per heavy atom. The average Bonchev–Trinajstić information content (AvgIpc) is 3.37. The first kappa shape index (κ1) is 21.4. The monoisotopic (exact) mass is 463 g/mol. The van der Waals surface area contributed by atoms with Gasteiger partial charge in [0.1, 0.15) is 11.3 Å². The molecule has 3 aromatic heterocycles. The van der Waals surface area contributed by atoms with Crippen LogP contribution in [0, 0.1) is 5.92 Å². The van der Waals surface area contributed by atoms with Gasteiger partial charge < -0.3 is 4.42 Å². The number of pyridine rings is 1. The van der Waals surface area contributed by atoms with Gasteiger partial charge >= 0.3 is 0 Å². The summed E-state index contributed by atoms with van der Waals surface area (Å²) in [5.41, 5.74) is 5.17. The molecule has 0 spiro atoms. The van der Waals surface area contributed by atoms with Crippen LogP contribution in [-0.4, -0.2) is 4.98 Å². The van der Waals surface area contributed by atoms with E-state index in [9.17, 15) is 0 Å². The summed E-state index contributed by atoms with van der Waals surface area (Å²) in [6.45, 7) is 11.4. The van der Waals surface area contributed by atoms with Crippen LogP contribution in [-0.2, 0) is 11.8 Å². The highest BCUT2D eigenvalue weighted by atomic mass is 32.1. The van der Waals surface area contributed by atoms with E-state index in [0.29, 0.717) is 5.92 Å². The van der Waals surface area contributed by atoms with E-state index in [2.05, 4.69) is 95.3 Å². The Hall–Kier alpha value is -3.17. The maximum Gasteiger partial charge on any atom is 0.161 e. The normalized spacial score (nSPS) is 12.6. The minimum absolute atomic E-state index is 0.0209. The molecule has 3 heteroatoms. The molecule has 3 heterocycles. The predicted molar refractivity (Wildman–Crippen MR) is 147 cm³/mol. The van der Waals surface area contributed by atoms with Gasteiger partial charge in [0.25, 0.3) is 0 Å². The zero-order chi connectivity index (χ0) is 23.6. The molecule has 6 aromatic rings. The Morgan fingerprint density at radius 3 is 2.53 bits per heavy atom. The lowest BCUT2D eigenvalue weighted by atomic mass is 9.82. The van der Waals surface area contributed by atoms with E-state index in [1.54, 1.807) is 0 Å². The minimum Gasteiger partial charge on any atom is -0.454 e. The van der Waals surface area contributed by atoms with Crippen LogP contribution in [0.2, 0.25) is 0 Å². The van der Waals surface area contributed by atoms with Gasteiger partial charge in [0.05, 0.1) is 0 Å². The Bertz CT molecular complexity index is 1690. The SMILES string of the molecule is CC(C)Cc1cc2c(ccc3oc4c(-c5cc(C(C)(C)C)c6ccccc6c5)nccc4c32)s1. The summed E-state index contributed by atoms with van der Waals surface area (Å²) in [7, 11) is 0. The fourth-order valence-corrected chi connectivity index (χ4v) is 6.42. The quantitative estimate of drug-likeness (QED) is 0.261. The van der Waals surface area contributed by atoms with Crippen LogP contribution < -0.4 is 0 Å². The zero-order valence-electron chi connectivity index (χ0n) is 20.4. The Kier molecular flexibility index (Phi) is 4.82. The molecule has 0 amide bonds. The largest absolute Gasteiger partial charge is 0.454 e. The molecule has 0 unspecified atom stereocenters. The van der Waals surface area contributed by atoms with Crippen molar-refractivity contribution < 1.29 is 4.42 Å². The second-order valence-corrected chi connectivity index (χ2v) is 12.0. The molecular weight excluding hydrogens is 434 g/mol. The van der Waals surface area contributed by atoms with Crippen molar-refractivity contribution in [3.05, 3.63) is 77.3 Å². The predicted octanol–water partition coefficient (Wildman–Crippen LogP) is 9.51. The average molecular weight is 464 g/mol. The molecule has 0 aliphatic rings. The second-order valence-electron chi connectivity index (χ2n) is 10.8. The summed E-state index contributed by atoms with van der Waals surface area (Å²) < 4.78 is 7.84. The number of fused-ring (bicyclic) bond motifs is 6. The van der Waals surface area contributed by atoms with Gasteiger partial charge in [-0.2, -0.15) is 0 Å². The van der Waals surface area contributed by atoms with Gasteiger partial charge in [0.15, 0.2) is 5.58 Å². The molecule has 0 aliphatic heterocycles. The lowest BCUT2D eigenvalue weighted by Crippen LogP contribution is -2.12. The van der Waals surface area contributed by atoms with Gasteiger partial charge in [-0.25, -0.2) is 0 Å². The Morgan fingerprint density at radius 2 is 1.74 bits per heavy atom. The van der Waals surface area contributed by atoms with Crippen LogP contribution >= 0.6 is 11.3 Å². The third kappa shape index (κ3) is 3.42. The highest BCUT2D eigenvalue weighted by Gasteiger charge is 2.21. The zero-order valence-corrected chi connectivity index (χ0v) is 21.2. The van der Waals surface area contributed by atoms with E-state index in [0.717, 1.165) is 34.2 Å². The van der Waals surface area contributed by atoms with Crippen molar-refractivity contribution in [1.82, 2.24) is 4.98 Å². The molecule has 0 atom stereocenters. The molecule has 0 saturated heterocycles. The second kappa shape index (κ2) is 7.68. The van der Waals surface area contributed by atoms with Gasteiger partial charge in [-0.3, -0.25) is 4.98 Å². The third-order valence-electron chi connectivity index (χ3n) is 6.65. The number of hydrogen-bond donors (Lipinski definition) is 0. The summed E-state index contributed by atoms with van der Waals surface area (Å²) in [6.07, 6.45) is 3.04. The van der Waals surface area contributed by atoms with Gasteiger partial charge in [-0.05, 0) is 70.5 Å². The van der Waals surface area contributed by atoms with E-state index in [4.69, 9.17) is 9.40 Å². The third-order valence-corrected chi connectivity index (χ3v) is 7.77. The molecular formula is C31H29NOS. The Balaban J connectivity index is 1.63. The van der Waals surface area contributed by atoms with Crippen LogP contribution in [0.5, 0.6) is 0 Å². The van der Waals surface area contributed by atoms with Crippen LogP contribution in [0.1, 0.15) is 45.1 Å². The summed E-state index contributed by atoms with van der Waals surface area (Å²) in [4.78, 5) is 6.27. The number of hydrogen-bond acceptors (Lipinski definition) is 3. The van der Waals surface area contributed by atoms with Gasteiger partial charge in [-0.15, -0.1) is 11.3 Å². The van der Waals surface area contributed by atoms with Crippen LogP contribution in [0.15, 0.2) is 71.3 Å². The molecule has 0 bridgehead atoms. The number of nitrogens with zero attached hydrogens (tertiary/aromatic N) is 1. The number of furan rings is 1. The number of benzene rings is 3. The molecule has 3 aromatic carbocycles. The lowest BCUT2D eigenvalue weighted by Gasteiger charge is -2.22. The summed E-state index contributed by atoms with van der Waals surface area (Å²) in [6, 6.07) is 22.0. The highest BCUT2D eigenvalue weighted by molar-refractivity contribution is 7.19. The van der Waals surface area contributed by atoms with Gasteiger partial charge in [0.2, 0.25) is 0 Å². The molecule has 0 fully saturated rings. The van der Waals surface area contributed by atoms with E-state index in [1.807, 2.05) is 17.5 Å². The van der Waals surface area contributed by atoms with Crippen LogP contribution in [0.4, 0.5) is 0 Å². The van der Waals surface area contributed by atoms with Gasteiger partial charge in [-0.1, -0.05) is 58.9 Å². The summed E-state index contributed by atoms with van der Waals surface area (Å²) in [5, 5.41) is 6.18. The standard InChI is InChI=1S/C31H29NOS/c1-18(2)14-21-17-24-27(34-21)11-10-26-28(24)23-12-13-32-29(30(23)33-26)20-15-19-8-6-7-9-22(19)25(16-20)31(3,4)5/h6-13,15-18H,14H2,1-5H3. The fourth-order valence-electron chi connectivity index (χ4n) is 5.14. The first-order chi connectivity index (χ1) is 16.3. The van der Waals surface area contributed by atoms with Crippen LogP contribution in [0.3, 0.4) is 0 Å². The van der Waals surface area contributed by atoms with Crippen molar-refractivity contribution in [2.45, 2.75) is 46.5 Å². The lowest BCUT2D eigenvalue weighted by molar-refractivity contribution is 0.596. The van der Waals surface area contributed by atoms with Crippen molar-refractivity contribution in [2.75, 3.05) is 0 Å². The molecule has 6 rings (SSSR count). The smallest absolute Gasteiger partial charge is 0.161 e. The molecule has 0 N–H and O–H groups in total. The van der Waals surface area contributed by atoms with Crippen molar-refractivity contribution in [3.8, 4) is 11.3 Å². The number of thiophene rings is 1. The first-order valence-corrected chi connectivity index (χ1v) is 12.9. The van der Waals surface area contributed by atoms with Crippen molar-refractivity contribution in [3.63, 3.8) is 0 Å². The summed E-state index contributed by atoms with van der Waals surface area (Å²) >= 11 is 1.90. The highest BCUT2D eigenvalue weighted by Crippen LogP contribution is 2.42. The molecule has 2 nitrogen and oxygen atoms in total. The minimum atomic E-state index is 0.0209. The molecule has 0 saturated carbocycles. The summed E-state index contributed by atoms with van der Waals surface area (Å²) in [5.74, 6) is 0.644. The Labute approximate surface area is 204 Å². The maximum atomic E-state index is 6.52. The van der Waals surface area contributed by atoms with E-state index in [1.165, 1.54) is 36.7 Å². The maximum absolute atomic E-state index is 6.52. The molecule has 0 aliphatic carbocycles. The number of rotatable bonds is 3. The molecule has 170 valence electrons. The van der Waals surface area contributed by atoms with Crippen molar-refractivity contribution in [1.29, 1.82) is 0 Å². The van der Waals surface area contributed by atoms with Crippen molar-refractivity contribution in [2.24, 2.45) is 5.92 Å². The topological polar surface area (TPSA) is 26.0 Å². The van der Waals surface area contributed by atoms with Crippen molar-refractivity contribution >= 4 is 54.1 Å².